The van der Waals surface area contributed by atoms with Gasteiger partial charge in [0.05, 0.1) is 12.3 Å². The first-order valence-electron chi connectivity index (χ1n) is 5.27. The zero-order valence-electron chi connectivity index (χ0n) is 9.03. The van der Waals surface area contributed by atoms with Crippen LogP contribution >= 0.6 is 0 Å². The highest BCUT2D eigenvalue weighted by molar-refractivity contribution is 5.48. The summed E-state index contributed by atoms with van der Waals surface area (Å²) in [6, 6.07) is 2.21. The van der Waals surface area contributed by atoms with E-state index in [2.05, 4.69) is 24.9 Å². The molecule has 1 fully saturated rings. The van der Waals surface area contributed by atoms with E-state index in [1.54, 1.807) is 12.4 Å². The van der Waals surface area contributed by atoms with Crippen molar-refractivity contribution in [2.75, 3.05) is 0 Å². The number of pyridine rings is 1. The monoisotopic (exact) mass is 202 g/mol. The topological polar surface area (TPSA) is 45.9 Å². The molecule has 0 radical (unpaired) electrons. The largest absolute Gasteiger partial charge is 0.487 e. The van der Waals surface area contributed by atoms with Crippen LogP contribution in [-0.4, -0.2) is 11.1 Å². The molecule has 1 heterocycles. The van der Waals surface area contributed by atoms with Crippen molar-refractivity contribution in [1.82, 2.24) is 4.98 Å². The fourth-order valence-electron chi connectivity index (χ4n) is 1.47. The van der Waals surface area contributed by atoms with E-state index in [1.165, 1.54) is 0 Å². The number of nitriles is 1. The van der Waals surface area contributed by atoms with Crippen molar-refractivity contribution in [2.24, 2.45) is 0 Å². The summed E-state index contributed by atoms with van der Waals surface area (Å²) < 4.78 is 5.65. The second kappa shape index (κ2) is 3.90. The molecule has 0 atom stereocenters. The van der Waals surface area contributed by atoms with Crippen molar-refractivity contribution < 1.29 is 4.74 Å². The van der Waals surface area contributed by atoms with E-state index >= 15 is 0 Å². The molecule has 0 amide bonds. The Morgan fingerprint density at radius 3 is 2.73 bits per heavy atom. The van der Waals surface area contributed by atoms with E-state index in [9.17, 15) is 0 Å². The van der Waals surface area contributed by atoms with Crippen molar-refractivity contribution in [1.29, 1.82) is 5.26 Å². The second-order valence-corrected chi connectivity index (χ2v) is 4.19. The van der Waals surface area contributed by atoms with E-state index < -0.39 is 0 Å². The van der Waals surface area contributed by atoms with Crippen molar-refractivity contribution >= 4 is 0 Å². The molecule has 0 N–H and O–H groups in total. The zero-order chi connectivity index (χ0) is 10.8. The third-order valence-electron chi connectivity index (χ3n) is 2.49. The van der Waals surface area contributed by atoms with Crippen LogP contribution in [0.4, 0.5) is 0 Å². The second-order valence-electron chi connectivity index (χ2n) is 4.19. The molecule has 1 aliphatic rings. The summed E-state index contributed by atoms with van der Waals surface area (Å²) in [7, 11) is 0. The molecule has 1 aromatic rings. The Bertz CT molecular complexity index is 403. The van der Waals surface area contributed by atoms with Gasteiger partial charge in [-0.1, -0.05) is 13.8 Å². The Labute approximate surface area is 89.7 Å². The van der Waals surface area contributed by atoms with E-state index in [-0.39, 0.29) is 0 Å². The predicted octanol–water partition coefficient (Wildman–Crippen LogP) is 2.62. The van der Waals surface area contributed by atoms with Gasteiger partial charge in [0.2, 0.25) is 0 Å². The molecule has 2 rings (SSSR count). The lowest BCUT2D eigenvalue weighted by molar-refractivity contribution is 0.300. The molecule has 0 aliphatic heterocycles. The Hall–Kier alpha value is -1.56. The maximum Gasteiger partial charge on any atom is 0.156 e. The minimum atomic E-state index is 0.301. The number of hydrogen-bond acceptors (Lipinski definition) is 3. The molecule has 15 heavy (non-hydrogen) atoms. The van der Waals surface area contributed by atoms with Crippen LogP contribution in [0, 0.1) is 11.3 Å². The molecule has 3 heteroatoms. The highest BCUT2D eigenvalue weighted by atomic mass is 16.5. The van der Waals surface area contributed by atoms with Crippen LogP contribution in [0.5, 0.6) is 5.75 Å². The normalized spacial score (nSPS) is 15.1. The third-order valence-corrected chi connectivity index (χ3v) is 2.49. The summed E-state index contributed by atoms with van der Waals surface area (Å²) >= 11 is 0. The summed E-state index contributed by atoms with van der Waals surface area (Å²) in [4.78, 5) is 4.12. The molecule has 0 unspecified atom stereocenters. The van der Waals surface area contributed by atoms with Gasteiger partial charge in [-0.3, -0.25) is 4.98 Å². The Morgan fingerprint density at radius 1 is 1.47 bits per heavy atom. The molecular weight excluding hydrogens is 188 g/mol. The molecule has 0 aromatic carbocycles. The SMILES string of the molecule is CC(C)c1cncc(OC2CC2)c1C#N. The number of rotatable bonds is 3. The maximum atomic E-state index is 9.12. The summed E-state index contributed by atoms with van der Waals surface area (Å²) in [5, 5.41) is 9.12. The Kier molecular flexibility index (Phi) is 2.59. The molecule has 1 saturated carbocycles. The van der Waals surface area contributed by atoms with E-state index in [0.29, 0.717) is 23.3 Å². The first kappa shape index (κ1) is 9.97. The van der Waals surface area contributed by atoms with Gasteiger partial charge >= 0.3 is 0 Å². The number of nitrogens with zero attached hydrogens (tertiary/aromatic N) is 2. The lowest BCUT2D eigenvalue weighted by atomic mass is 10.00. The van der Waals surface area contributed by atoms with Crippen molar-refractivity contribution in [3.05, 3.63) is 23.5 Å². The third kappa shape index (κ3) is 2.10. The van der Waals surface area contributed by atoms with Crippen LogP contribution in [-0.2, 0) is 0 Å². The van der Waals surface area contributed by atoms with Crippen LogP contribution in [0.2, 0.25) is 0 Å². The molecule has 0 spiro atoms. The fraction of sp³-hybridized carbons (Fsp3) is 0.500. The van der Waals surface area contributed by atoms with Crippen LogP contribution in [0.3, 0.4) is 0 Å². The number of ether oxygens (including phenoxy) is 1. The summed E-state index contributed by atoms with van der Waals surface area (Å²) in [6.45, 7) is 4.11. The van der Waals surface area contributed by atoms with E-state index in [1.807, 2.05) is 0 Å². The minimum Gasteiger partial charge on any atom is -0.487 e. The first-order valence-corrected chi connectivity index (χ1v) is 5.27. The Balaban J connectivity index is 2.36. The average Bonchev–Trinajstić information content (AvgIpc) is 3.01. The highest BCUT2D eigenvalue weighted by Gasteiger charge is 2.25. The lowest BCUT2D eigenvalue weighted by Crippen LogP contribution is -2.02. The maximum absolute atomic E-state index is 9.12. The summed E-state index contributed by atoms with van der Waals surface area (Å²) in [5.74, 6) is 0.945. The Morgan fingerprint density at radius 2 is 2.20 bits per heavy atom. The van der Waals surface area contributed by atoms with Crippen LogP contribution < -0.4 is 4.74 Å². The molecule has 78 valence electrons. The number of aromatic nitrogens is 1. The van der Waals surface area contributed by atoms with Crippen molar-refractivity contribution in [3.8, 4) is 11.8 Å². The van der Waals surface area contributed by atoms with Gasteiger partial charge in [0, 0.05) is 6.20 Å². The van der Waals surface area contributed by atoms with Crippen molar-refractivity contribution in [3.63, 3.8) is 0 Å². The molecule has 3 nitrogen and oxygen atoms in total. The van der Waals surface area contributed by atoms with Crippen molar-refractivity contribution in [2.45, 2.75) is 38.7 Å². The van der Waals surface area contributed by atoms with Gasteiger partial charge in [-0.05, 0) is 24.3 Å². The summed E-state index contributed by atoms with van der Waals surface area (Å²) in [6.07, 6.45) is 5.89. The lowest BCUT2D eigenvalue weighted by Gasteiger charge is -2.11. The standard InChI is InChI=1S/C12H14N2O/c1-8(2)11-6-14-7-12(10(11)5-13)15-9-3-4-9/h6-9H,3-4H2,1-2H3. The first-order chi connectivity index (χ1) is 7.22. The smallest absolute Gasteiger partial charge is 0.156 e. The number of hydrogen-bond donors (Lipinski definition) is 0. The van der Waals surface area contributed by atoms with Crippen LogP contribution in [0.1, 0.15) is 43.7 Å². The van der Waals surface area contributed by atoms with E-state index in [0.717, 1.165) is 18.4 Å². The van der Waals surface area contributed by atoms with Gasteiger partial charge < -0.3 is 4.74 Å². The predicted molar refractivity (Wildman–Crippen MR) is 56.7 cm³/mol. The van der Waals surface area contributed by atoms with Crippen LogP contribution in [0.15, 0.2) is 12.4 Å². The molecule has 1 aliphatic carbocycles. The van der Waals surface area contributed by atoms with Gasteiger partial charge in [0.15, 0.2) is 5.75 Å². The summed E-state index contributed by atoms with van der Waals surface area (Å²) in [5.41, 5.74) is 1.61. The van der Waals surface area contributed by atoms with Crippen LogP contribution in [0.25, 0.3) is 0 Å². The molecule has 0 bridgehead atoms. The van der Waals surface area contributed by atoms with Gasteiger partial charge in [-0.2, -0.15) is 5.26 Å². The van der Waals surface area contributed by atoms with E-state index in [4.69, 9.17) is 10.00 Å². The average molecular weight is 202 g/mol. The van der Waals surface area contributed by atoms with Gasteiger partial charge in [0.1, 0.15) is 11.6 Å². The molecular formula is C12H14N2O. The van der Waals surface area contributed by atoms with Gasteiger partial charge in [-0.15, -0.1) is 0 Å². The minimum absolute atomic E-state index is 0.301. The quantitative estimate of drug-likeness (QED) is 0.756. The van der Waals surface area contributed by atoms with Gasteiger partial charge in [-0.25, -0.2) is 0 Å². The zero-order valence-corrected chi connectivity index (χ0v) is 9.03. The highest BCUT2D eigenvalue weighted by Crippen LogP contribution is 2.31. The fourth-order valence-corrected chi connectivity index (χ4v) is 1.47. The molecule has 0 saturated heterocycles. The molecule has 1 aromatic heterocycles. The van der Waals surface area contributed by atoms with Gasteiger partial charge in [0.25, 0.3) is 0 Å².